The maximum absolute atomic E-state index is 13.5. The molecular weight excluding hydrogens is 432 g/mol. The van der Waals surface area contributed by atoms with E-state index in [1.165, 1.54) is 0 Å². The van der Waals surface area contributed by atoms with Gasteiger partial charge in [-0.05, 0) is 42.7 Å². The Morgan fingerprint density at radius 3 is 2.53 bits per heavy atom. The van der Waals surface area contributed by atoms with Crippen molar-refractivity contribution in [3.05, 3.63) is 75.6 Å². The molecule has 0 radical (unpaired) electrons. The number of nitrogens with zero attached hydrogens (tertiary/aromatic N) is 2. The van der Waals surface area contributed by atoms with Crippen molar-refractivity contribution < 1.29 is 18.7 Å². The van der Waals surface area contributed by atoms with Gasteiger partial charge in [0.2, 0.25) is 5.76 Å². The zero-order valence-corrected chi connectivity index (χ0v) is 19.5. The normalized spacial score (nSPS) is 18.4. The number of hydrogen-bond acceptors (Lipinski definition) is 6. The van der Waals surface area contributed by atoms with Crippen LogP contribution in [0.5, 0.6) is 5.75 Å². The third kappa shape index (κ3) is 4.33. The fraction of sp³-hybridized carbons (Fsp3) is 0.407. The largest absolute Gasteiger partial charge is 0.494 e. The van der Waals surface area contributed by atoms with Gasteiger partial charge in [0.15, 0.2) is 5.43 Å². The van der Waals surface area contributed by atoms with Gasteiger partial charge >= 0.3 is 0 Å². The average molecular weight is 463 g/mol. The Hall–Kier alpha value is -3.16. The molecule has 0 aliphatic carbocycles. The fourth-order valence-corrected chi connectivity index (χ4v) is 4.80. The Morgan fingerprint density at radius 1 is 1.00 bits per heavy atom. The van der Waals surface area contributed by atoms with Crippen LogP contribution in [0.15, 0.2) is 57.7 Å². The van der Waals surface area contributed by atoms with Crippen LogP contribution in [-0.4, -0.2) is 61.7 Å². The molecule has 7 nitrogen and oxygen atoms in total. The molecular formula is C27H30N2O5. The van der Waals surface area contributed by atoms with Gasteiger partial charge in [-0.15, -0.1) is 0 Å². The number of amides is 1. The topological polar surface area (TPSA) is 72.2 Å². The van der Waals surface area contributed by atoms with Crippen LogP contribution in [-0.2, 0) is 4.74 Å². The summed E-state index contributed by atoms with van der Waals surface area (Å²) in [5.41, 5.74) is 1.61. The Kier molecular flexibility index (Phi) is 6.65. The quantitative estimate of drug-likeness (QED) is 0.506. The summed E-state index contributed by atoms with van der Waals surface area (Å²) in [6, 6.07) is 14.3. The molecule has 178 valence electrons. The van der Waals surface area contributed by atoms with Gasteiger partial charge in [-0.2, -0.15) is 0 Å². The Balaban J connectivity index is 1.48. The molecule has 0 saturated carbocycles. The lowest BCUT2D eigenvalue weighted by molar-refractivity contribution is 0.0353. The van der Waals surface area contributed by atoms with E-state index in [-0.39, 0.29) is 17.1 Å². The number of benzene rings is 2. The predicted molar refractivity (Wildman–Crippen MR) is 129 cm³/mol. The van der Waals surface area contributed by atoms with E-state index in [9.17, 15) is 9.59 Å². The highest BCUT2D eigenvalue weighted by Gasteiger charge is 2.42. The van der Waals surface area contributed by atoms with Crippen LogP contribution < -0.4 is 10.2 Å². The average Bonchev–Trinajstić information content (AvgIpc) is 3.15. The predicted octanol–water partition coefficient (Wildman–Crippen LogP) is 3.85. The maximum atomic E-state index is 13.5. The van der Waals surface area contributed by atoms with Crippen LogP contribution in [0.25, 0.3) is 11.0 Å². The molecule has 0 spiro atoms. The summed E-state index contributed by atoms with van der Waals surface area (Å²) in [5, 5.41) is 0.497. The number of morpholine rings is 1. The molecule has 1 fully saturated rings. The van der Waals surface area contributed by atoms with Crippen LogP contribution in [0.2, 0.25) is 0 Å². The van der Waals surface area contributed by atoms with Gasteiger partial charge in [0.1, 0.15) is 11.3 Å². The third-order valence-corrected chi connectivity index (χ3v) is 6.52. The summed E-state index contributed by atoms with van der Waals surface area (Å²) < 4.78 is 17.2. The van der Waals surface area contributed by atoms with E-state index in [1.54, 1.807) is 17.0 Å². The molecule has 1 amide bonds. The molecule has 1 saturated heterocycles. The smallest absolute Gasteiger partial charge is 0.290 e. The first kappa shape index (κ1) is 22.6. The Labute approximate surface area is 198 Å². The molecule has 2 aliphatic rings. The van der Waals surface area contributed by atoms with Crippen molar-refractivity contribution in [1.29, 1.82) is 0 Å². The SMILES string of the molecule is CCCOc1ccc([C@H]2c3c(oc4ccccc4c3=O)C(=O)N2CCCN2CCOCC2)cc1. The third-order valence-electron chi connectivity index (χ3n) is 6.52. The monoisotopic (exact) mass is 462 g/mol. The van der Waals surface area contributed by atoms with Gasteiger partial charge in [-0.3, -0.25) is 14.5 Å². The fourth-order valence-electron chi connectivity index (χ4n) is 4.80. The first-order valence-corrected chi connectivity index (χ1v) is 12.1. The summed E-state index contributed by atoms with van der Waals surface area (Å²) in [5.74, 6) is 0.710. The van der Waals surface area contributed by atoms with E-state index in [4.69, 9.17) is 13.9 Å². The van der Waals surface area contributed by atoms with Crippen molar-refractivity contribution in [3.63, 3.8) is 0 Å². The van der Waals surface area contributed by atoms with E-state index in [0.717, 1.165) is 57.0 Å². The number of carbonyl (C=O) groups excluding carboxylic acids is 1. The second kappa shape index (κ2) is 9.99. The maximum Gasteiger partial charge on any atom is 0.290 e. The molecule has 34 heavy (non-hydrogen) atoms. The molecule has 2 aromatic carbocycles. The van der Waals surface area contributed by atoms with Crippen LogP contribution >= 0.6 is 0 Å². The van der Waals surface area contributed by atoms with Crippen molar-refractivity contribution in [2.24, 2.45) is 0 Å². The van der Waals surface area contributed by atoms with Gasteiger partial charge < -0.3 is 18.8 Å². The van der Waals surface area contributed by atoms with Crippen molar-refractivity contribution in [1.82, 2.24) is 9.80 Å². The van der Waals surface area contributed by atoms with Crippen LogP contribution in [0.3, 0.4) is 0 Å². The van der Waals surface area contributed by atoms with Crippen molar-refractivity contribution in [3.8, 4) is 5.75 Å². The highest BCUT2D eigenvalue weighted by Crippen LogP contribution is 2.38. The number of rotatable bonds is 8. The highest BCUT2D eigenvalue weighted by atomic mass is 16.5. The van der Waals surface area contributed by atoms with Gasteiger partial charge in [0.25, 0.3) is 5.91 Å². The van der Waals surface area contributed by atoms with Crippen molar-refractivity contribution in [2.45, 2.75) is 25.8 Å². The molecule has 0 unspecified atom stereocenters. The number of hydrogen-bond donors (Lipinski definition) is 0. The van der Waals surface area contributed by atoms with Gasteiger partial charge in [-0.25, -0.2) is 0 Å². The molecule has 0 bridgehead atoms. The lowest BCUT2D eigenvalue weighted by Crippen LogP contribution is -2.38. The van der Waals surface area contributed by atoms with Gasteiger partial charge in [0, 0.05) is 26.2 Å². The number of fused-ring (bicyclic) bond motifs is 2. The van der Waals surface area contributed by atoms with Crippen molar-refractivity contribution in [2.75, 3.05) is 46.0 Å². The standard InChI is InChI=1S/C27H30N2O5/c1-2-16-33-20-10-8-19(9-11-20)24-23-25(30)21-6-3-4-7-22(21)34-26(23)27(31)29(24)13-5-12-28-14-17-32-18-15-28/h3-4,6-11,24H,2,5,12-18H2,1H3/t24-/m0/s1. The second-order valence-electron chi connectivity index (χ2n) is 8.80. The summed E-state index contributed by atoms with van der Waals surface area (Å²) in [6.45, 7) is 7.42. The number of para-hydroxylation sites is 1. The summed E-state index contributed by atoms with van der Waals surface area (Å²) in [4.78, 5) is 31.2. The molecule has 1 aromatic heterocycles. The van der Waals surface area contributed by atoms with Crippen molar-refractivity contribution >= 4 is 16.9 Å². The number of ether oxygens (including phenoxy) is 2. The summed E-state index contributed by atoms with van der Waals surface area (Å²) in [6.07, 6.45) is 1.74. The first-order valence-electron chi connectivity index (χ1n) is 12.1. The Bertz CT molecular complexity index is 1210. The molecule has 7 heteroatoms. The summed E-state index contributed by atoms with van der Waals surface area (Å²) in [7, 11) is 0. The van der Waals surface area contributed by atoms with E-state index in [1.807, 2.05) is 36.4 Å². The van der Waals surface area contributed by atoms with E-state index in [2.05, 4.69) is 11.8 Å². The second-order valence-corrected chi connectivity index (χ2v) is 8.80. The molecule has 2 aliphatic heterocycles. The van der Waals surface area contributed by atoms with Crippen LogP contribution in [0.4, 0.5) is 0 Å². The zero-order valence-electron chi connectivity index (χ0n) is 19.5. The van der Waals surface area contributed by atoms with Gasteiger partial charge in [-0.1, -0.05) is 31.2 Å². The minimum absolute atomic E-state index is 0.141. The number of carbonyl (C=O) groups is 1. The molecule has 1 atom stereocenters. The van der Waals surface area contributed by atoms with E-state index in [0.29, 0.717) is 29.7 Å². The minimum Gasteiger partial charge on any atom is -0.494 e. The van der Waals surface area contributed by atoms with Gasteiger partial charge in [0.05, 0.1) is 36.8 Å². The lowest BCUT2D eigenvalue weighted by Gasteiger charge is -2.29. The van der Waals surface area contributed by atoms with Crippen LogP contribution in [0, 0.1) is 0 Å². The molecule has 3 heterocycles. The first-order chi connectivity index (χ1) is 16.7. The van der Waals surface area contributed by atoms with Crippen LogP contribution in [0.1, 0.15) is 47.5 Å². The molecule has 0 N–H and O–H groups in total. The molecule has 5 rings (SSSR count). The zero-order chi connectivity index (χ0) is 23.5. The molecule has 3 aromatic rings. The lowest BCUT2D eigenvalue weighted by atomic mass is 9.98. The Morgan fingerprint density at radius 2 is 1.76 bits per heavy atom. The van der Waals surface area contributed by atoms with E-state index < -0.39 is 6.04 Å². The summed E-state index contributed by atoms with van der Waals surface area (Å²) >= 11 is 0. The minimum atomic E-state index is -0.478. The van der Waals surface area contributed by atoms with E-state index >= 15 is 0 Å². The highest BCUT2D eigenvalue weighted by molar-refractivity contribution is 5.99.